The van der Waals surface area contributed by atoms with Gasteiger partial charge >= 0.3 is 5.97 Å². The normalized spacial score (nSPS) is 13.9. The summed E-state index contributed by atoms with van der Waals surface area (Å²) in [6, 6.07) is 7.89. The molecule has 0 aliphatic heterocycles. The van der Waals surface area contributed by atoms with Gasteiger partial charge in [0.05, 0.1) is 17.9 Å². The van der Waals surface area contributed by atoms with Crippen LogP contribution in [0.1, 0.15) is 40.0 Å². The van der Waals surface area contributed by atoms with Crippen molar-refractivity contribution in [2.45, 2.75) is 32.3 Å². The number of nitrogens with zero attached hydrogens (tertiary/aromatic N) is 1. The smallest absolute Gasteiger partial charge is 0.338 e. The Hall–Kier alpha value is -2.07. The van der Waals surface area contributed by atoms with Crippen LogP contribution in [0.3, 0.4) is 0 Å². The maximum atomic E-state index is 11.9. The molecule has 0 fully saturated rings. The largest absolute Gasteiger partial charge is 0.478 e. The van der Waals surface area contributed by atoms with E-state index >= 15 is 0 Å². The molecular formula is C18H21NO3. The number of aromatic nitrogens is 1. The molecule has 1 aliphatic carbocycles. The van der Waals surface area contributed by atoms with Crippen LogP contribution < -0.4 is 0 Å². The zero-order valence-electron chi connectivity index (χ0n) is 13.1. The van der Waals surface area contributed by atoms with Crippen molar-refractivity contribution in [3.8, 4) is 11.3 Å². The van der Waals surface area contributed by atoms with Crippen LogP contribution in [0.5, 0.6) is 0 Å². The van der Waals surface area contributed by atoms with Crippen molar-refractivity contribution in [2.75, 3.05) is 7.11 Å². The van der Waals surface area contributed by atoms with Crippen molar-refractivity contribution in [1.29, 1.82) is 0 Å². The Morgan fingerprint density at radius 2 is 2.00 bits per heavy atom. The van der Waals surface area contributed by atoms with Crippen molar-refractivity contribution in [1.82, 2.24) is 4.57 Å². The number of fused-ring (bicyclic) bond motifs is 1. The maximum Gasteiger partial charge on any atom is 0.338 e. The van der Waals surface area contributed by atoms with E-state index in [0.717, 1.165) is 48.1 Å². The van der Waals surface area contributed by atoms with Gasteiger partial charge in [0, 0.05) is 25.4 Å². The van der Waals surface area contributed by atoms with Crippen LogP contribution in [0.4, 0.5) is 0 Å². The third-order valence-electron chi connectivity index (χ3n) is 4.50. The van der Waals surface area contributed by atoms with Crippen LogP contribution in [0.15, 0.2) is 24.3 Å². The van der Waals surface area contributed by atoms with E-state index in [4.69, 9.17) is 4.74 Å². The van der Waals surface area contributed by atoms with E-state index in [2.05, 4.69) is 4.57 Å². The number of rotatable bonds is 4. The number of carboxylic acids is 1. The average molecular weight is 299 g/mol. The number of hydrogen-bond acceptors (Lipinski definition) is 2. The third kappa shape index (κ3) is 2.33. The topological polar surface area (TPSA) is 51.5 Å². The van der Waals surface area contributed by atoms with Gasteiger partial charge in [-0.15, -0.1) is 0 Å². The van der Waals surface area contributed by atoms with Gasteiger partial charge in [0.25, 0.3) is 0 Å². The second kappa shape index (κ2) is 5.97. The summed E-state index contributed by atoms with van der Waals surface area (Å²) in [4.78, 5) is 11.9. The van der Waals surface area contributed by atoms with E-state index < -0.39 is 5.97 Å². The van der Waals surface area contributed by atoms with Gasteiger partial charge in [-0.25, -0.2) is 4.79 Å². The number of carboxylic acid groups (broad SMARTS) is 1. The Morgan fingerprint density at radius 1 is 1.27 bits per heavy atom. The van der Waals surface area contributed by atoms with Crippen LogP contribution >= 0.6 is 0 Å². The van der Waals surface area contributed by atoms with E-state index in [1.807, 2.05) is 31.3 Å². The lowest BCUT2D eigenvalue weighted by Crippen LogP contribution is -2.07. The van der Waals surface area contributed by atoms with Crippen molar-refractivity contribution >= 4 is 5.97 Å². The van der Waals surface area contributed by atoms with Crippen molar-refractivity contribution in [2.24, 2.45) is 7.05 Å². The first-order valence-corrected chi connectivity index (χ1v) is 7.66. The molecule has 0 bridgehead atoms. The zero-order chi connectivity index (χ0) is 15.7. The predicted octanol–water partition coefficient (Wildman–Crippen LogP) is 3.42. The molecule has 1 heterocycles. The van der Waals surface area contributed by atoms with Gasteiger partial charge in [-0.1, -0.05) is 24.3 Å². The summed E-state index contributed by atoms with van der Waals surface area (Å²) in [6.07, 6.45) is 4.01. The summed E-state index contributed by atoms with van der Waals surface area (Å²) >= 11 is 0. The fourth-order valence-electron chi connectivity index (χ4n) is 3.55. The van der Waals surface area contributed by atoms with Gasteiger partial charge in [0.15, 0.2) is 0 Å². The molecule has 1 N–H and O–H groups in total. The minimum Gasteiger partial charge on any atom is -0.478 e. The molecule has 4 nitrogen and oxygen atoms in total. The highest BCUT2D eigenvalue weighted by molar-refractivity contribution is 5.98. The Labute approximate surface area is 130 Å². The molecule has 1 aromatic carbocycles. The van der Waals surface area contributed by atoms with Gasteiger partial charge in [-0.2, -0.15) is 0 Å². The molecule has 0 unspecified atom stereocenters. The van der Waals surface area contributed by atoms with Crippen LogP contribution in [0, 0.1) is 0 Å². The second-order valence-electron chi connectivity index (χ2n) is 5.81. The molecule has 0 saturated carbocycles. The standard InChI is InChI=1S/C18H21NO3/c1-19-15-10-6-5-9-14(15)16(18(20)21)17(19)13-8-4-3-7-12(13)11-22-2/h3-4,7-8H,5-6,9-11H2,1-2H3,(H,20,21). The van der Waals surface area contributed by atoms with Gasteiger partial charge < -0.3 is 14.4 Å². The highest BCUT2D eigenvalue weighted by atomic mass is 16.5. The van der Waals surface area contributed by atoms with Crippen molar-refractivity contribution < 1.29 is 14.6 Å². The summed E-state index contributed by atoms with van der Waals surface area (Å²) in [5, 5.41) is 9.77. The van der Waals surface area contributed by atoms with E-state index in [-0.39, 0.29) is 0 Å². The summed E-state index contributed by atoms with van der Waals surface area (Å²) in [5.41, 5.74) is 5.45. The van der Waals surface area contributed by atoms with Crippen LogP contribution in [0.2, 0.25) is 0 Å². The second-order valence-corrected chi connectivity index (χ2v) is 5.81. The van der Waals surface area contributed by atoms with E-state index in [1.165, 1.54) is 5.69 Å². The number of aromatic carboxylic acids is 1. The van der Waals surface area contributed by atoms with Crippen LogP contribution in [-0.2, 0) is 31.2 Å². The van der Waals surface area contributed by atoms with E-state index in [1.54, 1.807) is 7.11 Å². The zero-order valence-corrected chi connectivity index (χ0v) is 13.1. The predicted molar refractivity (Wildman–Crippen MR) is 85.2 cm³/mol. The Balaban J connectivity index is 2.27. The molecule has 0 amide bonds. The van der Waals surface area contributed by atoms with Gasteiger partial charge in [-0.3, -0.25) is 0 Å². The van der Waals surface area contributed by atoms with E-state index in [9.17, 15) is 9.90 Å². The van der Waals surface area contributed by atoms with Gasteiger partial charge in [-0.05, 0) is 36.8 Å². The number of hydrogen-bond donors (Lipinski definition) is 1. The third-order valence-corrected chi connectivity index (χ3v) is 4.50. The van der Waals surface area contributed by atoms with Crippen LogP contribution in [0.25, 0.3) is 11.3 Å². The molecule has 0 radical (unpaired) electrons. The summed E-state index contributed by atoms with van der Waals surface area (Å²) in [7, 11) is 3.64. The minimum absolute atomic E-state index is 0.473. The Kier molecular flexibility index (Phi) is 4.03. The molecule has 0 spiro atoms. The number of methoxy groups -OCH3 is 1. The first kappa shape index (κ1) is 14.9. The van der Waals surface area contributed by atoms with Crippen molar-refractivity contribution in [3.05, 3.63) is 46.6 Å². The number of benzene rings is 1. The minimum atomic E-state index is -0.832. The lowest BCUT2D eigenvalue weighted by atomic mass is 9.93. The maximum absolute atomic E-state index is 11.9. The molecule has 1 aliphatic rings. The first-order valence-electron chi connectivity index (χ1n) is 7.66. The molecule has 3 rings (SSSR count). The highest BCUT2D eigenvalue weighted by Crippen LogP contribution is 2.36. The van der Waals surface area contributed by atoms with E-state index in [0.29, 0.717) is 12.2 Å². The molecule has 0 saturated heterocycles. The first-order chi connectivity index (χ1) is 10.6. The Morgan fingerprint density at radius 3 is 2.73 bits per heavy atom. The summed E-state index contributed by atoms with van der Waals surface area (Å²) in [6.45, 7) is 0.477. The fraction of sp³-hybridized carbons (Fsp3) is 0.389. The quantitative estimate of drug-likeness (QED) is 0.941. The van der Waals surface area contributed by atoms with Crippen LogP contribution in [-0.4, -0.2) is 22.8 Å². The summed E-state index contributed by atoms with van der Waals surface area (Å²) in [5.74, 6) is -0.832. The molecule has 2 aromatic rings. The Bertz CT molecular complexity index is 715. The van der Waals surface area contributed by atoms with Gasteiger partial charge in [0.1, 0.15) is 0 Å². The lowest BCUT2D eigenvalue weighted by Gasteiger charge is -2.14. The number of carbonyl (C=O) groups is 1. The summed E-state index contributed by atoms with van der Waals surface area (Å²) < 4.78 is 7.35. The fourth-order valence-corrected chi connectivity index (χ4v) is 3.55. The molecular weight excluding hydrogens is 278 g/mol. The lowest BCUT2D eigenvalue weighted by molar-refractivity contribution is 0.0696. The molecule has 4 heteroatoms. The monoisotopic (exact) mass is 299 g/mol. The molecule has 0 atom stereocenters. The SMILES string of the molecule is COCc1ccccc1-c1c(C(=O)O)c2c(n1C)CCCC2. The highest BCUT2D eigenvalue weighted by Gasteiger charge is 2.28. The molecule has 116 valence electrons. The molecule has 22 heavy (non-hydrogen) atoms. The van der Waals surface area contributed by atoms with Crippen molar-refractivity contribution in [3.63, 3.8) is 0 Å². The average Bonchev–Trinajstić information content (AvgIpc) is 2.82. The number of ether oxygens (including phenoxy) is 1. The molecule has 1 aromatic heterocycles. The van der Waals surface area contributed by atoms with Gasteiger partial charge in [0.2, 0.25) is 0 Å².